The minimum atomic E-state index is 0.0452. The summed E-state index contributed by atoms with van der Waals surface area (Å²) in [6, 6.07) is 19.3. The molecule has 0 heteroatoms. The number of hydrogen-bond donors (Lipinski definition) is 0. The van der Waals surface area contributed by atoms with Crippen LogP contribution in [0.3, 0.4) is 0 Å². The molecule has 0 bridgehead atoms. The van der Waals surface area contributed by atoms with Crippen molar-refractivity contribution in [1.82, 2.24) is 0 Å². The van der Waals surface area contributed by atoms with Crippen LogP contribution in [0.25, 0.3) is 11.1 Å². The van der Waals surface area contributed by atoms with Crippen LogP contribution in [0.2, 0.25) is 0 Å². The number of fused-ring (bicyclic) bond motifs is 3. The van der Waals surface area contributed by atoms with Crippen molar-refractivity contribution >= 4 is 11.1 Å². The van der Waals surface area contributed by atoms with E-state index >= 15 is 0 Å². The second-order valence-electron chi connectivity index (χ2n) is 24.3. The maximum Gasteiger partial charge on any atom is -0.00919 e. The average Bonchev–Trinajstić information content (AvgIpc) is 3.60. The van der Waals surface area contributed by atoms with E-state index in [1.54, 1.807) is 0 Å². The summed E-state index contributed by atoms with van der Waals surface area (Å²) < 4.78 is 0. The standard InChI is InChI=1S/C54H78/c1-33-27-38(51(8,9)10)28-45(33)54(17,18)48-43-29-39(34-19-23-36(24-20-34)49(2,3)4)46(52(11,12)13)31-41(43)42-32-47(53(14,15)16)40(30-44(42)48)35-21-25-37(26-22-35)50(5,6)7/h19-26,29-33,38,41-45,48H,27-28H2,1-18H3. The van der Waals surface area contributed by atoms with Crippen molar-refractivity contribution in [2.45, 2.75) is 148 Å². The monoisotopic (exact) mass is 727 g/mol. The summed E-state index contributed by atoms with van der Waals surface area (Å²) in [6.45, 7) is 44.1. The van der Waals surface area contributed by atoms with E-state index in [2.05, 4.69) is 197 Å². The Hall–Kier alpha value is -2.60. The number of hydrogen-bond acceptors (Lipinski definition) is 0. The van der Waals surface area contributed by atoms with Gasteiger partial charge in [0.15, 0.2) is 0 Å². The molecule has 0 radical (unpaired) electrons. The Morgan fingerprint density at radius 2 is 0.796 bits per heavy atom. The first kappa shape index (κ1) is 41.0. The number of rotatable bonds is 4. The Labute approximate surface area is 333 Å². The first-order chi connectivity index (χ1) is 24.6. The van der Waals surface area contributed by atoms with Crippen molar-refractivity contribution in [2.75, 3.05) is 0 Å². The molecule has 2 aromatic carbocycles. The zero-order valence-corrected chi connectivity index (χ0v) is 38.0. The lowest BCUT2D eigenvalue weighted by Gasteiger charge is -2.46. The Balaban J connectivity index is 1.56. The lowest BCUT2D eigenvalue weighted by Crippen LogP contribution is -2.40. The molecule has 4 aliphatic rings. The van der Waals surface area contributed by atoms with Gasteiger partial charge in [-0.25, -0.2) is 0 Å². The fraction of sp³-hybridized carbons (Fsp3) is 0.630. The van der Waals surface area contributed by atoms with E-state index in [1.807, 2.05) is 0 Å². The zero-order valence-electron chi connectivity index (χ0n) is 38.0. The molecule has 2 saturated carbocycles. The first-order valence-corrected chi connectivity index (χ1v) is 21.7. The maximum absolute atomic E-state index is 2.82. The van der Waals surface area contributed by atoms with Gasteiger partial charge in [0.05, 0.1) is 0 Å². The molecule has 6 rings (SSSR count). The van der Waals surface area contributed by atoms with Crippen molar-refractivity contribution in [3.8, 4) is 0 Å². The lowest BCUT2D eigenvalue weighted by atomic mass is 9.58. The zero-order chi connectivity index (χ0) is 40.1. The van der Waals surface area contributed by atoms with Crippen molar-refractivity contribution in [1.29, 1.82) is 0 Å². The molecule has 0 saturated heterocycles. The Bertz CT molecular complexity index is 1700. The van der Waals surface area contributed by atoms with Crippen LogP contribution in [0, 0.1) is 69.0 Å². The molecule has 0 aliphatic heterocycles. The molecule has 2 aromatic rings. The molecular weight excluding hydrogens is 649 g/mol. The van der Waals surface area contributed by atoms with Crippen LogP contribution < -0.4 is 0 Å². The van der Waals surface area contributed by atoms with Crippen molar-refractivity contribution < 1.29 is 0 Å². The summed E-state index contributed by atoms with van der Waals surface area (Å²) in [6.07, 6.45) is 13.9. The second-order valence-corrected chi connectivity index (χ2v) is 24.3. The van der Waals surface area contributed by atoms with Gasteiger partial charge in [-0.05, 0) is 137 Å². The highest BCUT2D eigenvalue weighted by Gasteiger charge is 2.59. The summed E-state index contributed by atoms with van der Waals surface area (Å²) in [5, 5.41) is 0. The third-order valence-electron chi connectivity index (χ3n) is 14.8. The highest BCUT2D eigenvalue weighted by molar-refractivity contribution is 5.84. The van der Waals surface area contributed by atoms with Gasteiger partial charge in [-0.1, -0.05) is 197 Å². The van der Waals surface area contributed by atoms with Crippen LogP contribution in [-0.4, -0.2) is 0 Å². The van der Waals surface area contributed by atoms with Crippen molar-refractivity contribution in [3.63, 3.8) is 0 Å². The van der Waals surface area contributed by atoms with Crippen molar-refractivity contribution in [2.24, 2.45) is 69.0 Å². The average molecular weight is 727 g/mol. The molecule has 7 atom stereocenters. The molecule has 0 nitrogen and oxygen atoms in total. The molecule has 2 fully saturated rings. The summed E-state index contributed by atoms with van der Waals surface area (Å²) in [5.41, 5.74) is 12.5. The van der Waals surface area contributed by atoms with E-state index < -0.39 is 0 Å². The highest BCUT2D eigenvalue weighted by atomic mass is 14.6. The molecule has 0 amide bonds. The van der Waals surface area contributed by atoms with E-state index in [0.717, 1.165) is 11.8 Å². The minimum Gasteiger partial charge on any atom is -0.0758 e. The van der Waals surface area contributed by atoms with Gasteiger partial charge in [-0.2, -0.15) is 0 Å². The quantitative estimate of drug-likeness (QED) is 0.294. The molecular formula is C54H78. The highest BCUT2D eigenvalue weighted by Crippen LogP contribution is 2.66. The third kappa shape index (κ3) is 7.60. The van der Waals surface area contributed by atoms with Gasteiger partial charge in [-0.3, -0.25) is 0 Å². The van der Waals surface area contributed by atoms with E-state index in [0.29, 0.717) is 40.9 Å². The minimum absolute atomic E-state index is 0.0452. The molecule has 0 aromatic heterocycles. The van der Waals surface area contributed by atoms with E-state index in [-0.39, 0.29) is 27.1 Å². The Morgan fingerprint density at radius 1 is 0.426 bits per heavy atom. The van der Waals surface area contributed by atoms with E-state index in [9.17, 15) is 0 Å². The second kappa shape index (κ2) is 13.5. The topological polar surface area (TPSA) is 0 Å². The summed E-state index contributed by atoms with van der Waals surface area (Å²) >= 11 is 0. The van der Waals surface area contributed by atoms with Gasteiger partial charge in [0.25, 0.3) is 0 Å². The molecule has 54 heavy (non-hydrogen) atoms. The fourth-order valence-corrected chi connectivity index (χ4v) is 11.6. The molecule has 4 aliphatic carbocycles. The molecule has 7 unspecified atom stereocenters. The summed E-state index contributed by atoms with van der Waals surface area (Å²) in [7, 11) is 0. The van der Waals surface area contributed by atoms with Crippen molar-refractivity contribution in [3.05, 3.63) is 106 Å². The van der Waals surface area contributed by atoms with Crippen LogP contribution in [-0.2, 0) is 10.8 Å². The van der Waals surface area contributed by atoms with Gasteiger partial charge in [0.1, 0.15) is 0 Å². The summed E-state index contributed by atoms with van der Waals surface area (Å²) in [4.78, 5) is 0. The Kier molecular flexibility index (Phi) is 10.3. The maximum atomic E-state index is 2.82. The van der Waals surface area contributed by atoms with Gasteiger partial charge >= 0.3 is 0 Å². The van der Waals surface area contributed by atoms with Crippen LogP contribution in [0.1, 0.15) is 160 Å². The third-order valence-corrected chi connectivity index (χ3v) is 14.8. The van der Waals surface area contributed by atoms with Gasteiger partial charge < -0.3 is 0 Å². The van der Waals surface area contributed by atoms with Crippen LogP contribution in [0.4, 0.5) is 0 Å². The fourth-order valence-electron chi connectivity index (χ4n) is 11.6. The normalized spacial score (nSPS) is 29.6. The first-order valence-electron chi connectivity index (χ1n) is 21.7. The molecule has 0 N–H and O–H groups in total. The van der Waals surface area contributed by atoms with Gasteiger partial charge in [0.2, 0.25) is 0 Å². The predicted octanol–water partition coefficient (Wildman–Crippen LogP) is 15.5. The smallest absolute Gasteiger partial charge is 0.00919 e. The van der Waals surface area contributed by atoms with Crippen LogP contribution in [0.5, 0.6) is 0 Å². The van der Waals surface area contributed by atoms with E-state index in [4.69, 9.17) is 0 Å². The number of benzene rings is 2. The number of allylic oxidation sites excluding steroid dienone is 8. The van der Waals surface area contributed by atoms with E-state index in [1.165, 1.54) is 57.4 Å². The van der Waals surface area contributed by atoms with Crippen LogP contribution in [0.15, 0.2) is 84.0 Å². The summed E-state index contributed by atoms with van der Waals surface area (Å²) in [5.74, 6) is 4.70. The van der Waals surface area contributed by atoms with Gasteiger partial charge in [-0.15, -0.1) is 0 Å². The molecule has 0 heterocycles. The van der Waals surface area contributed by atoms with Gasteiger partial charge in [0, 0.05) is 0 Å². The Morgan fingerprint density at radius 3 is 1.09 bits per heavy atom. The SMILES string of the molecule is CC1CC(C(C)(C)C)CC1C(C)(C)C1C2C=C(c3ccc(C(C)(C)C)cc3)C(C(C)(C)C)=CC2C2C=C(C(C)(C)C)C(c3ccc(C(C)(C)C)cc3)=CC21. The largest absolute Gasteiger partial charge is 0.0758 e. The van der Waals surface area contributed by atoms with Crippen LogP contribution >= 0.6 is 0 Å². The predicted molar refractivity (Wildman–Crippen MR) is 237 cm³/mol. The lowest BCUT2D eigenvalue weighted by molar-refractivity contribution is 0.0499. The molecule has 0 spiro atoms. The molecule has 294 valence electrons.